The summed E-state index contributed by atoms with van der Waals surface area (Å²) in [6.45, 7) is 3.21. The molecule has 0 saturated carbocycles. The van der Waals surface area contributed by atoms with Crippen LogP contribution >= 0.6 is 0 Å². The second-order valence-electron chi connectivity index (χ2n) is 8.29. The Hall–Kier alpha value is -3.69. The molecule has 2 heterocycles. The van der Waals surface area contributed by atoms with E-state index < -0.39 is 5.91 Å². The zero-order chi connectivity index (χ0) is 24.5. The molecule has 0 saturated heterocycles. The van der Waals surface area contributed by atoms with Crippen LogP contribution in [-0.4, -0.2) is 45.3 Å². The number of nitrogen functional groups attached to an aromatic ring is 1. The van der Waals surface area contributed by atoms with E-state index in [1.165, 1.54) is 0 Å². The summed E-state index contributed by atoms with van der Waals surface area (Å²) >= 11 is 0. The van der Waals surface area contributed by atoms with Gasteiger partial charge in [0.25, 0.3) is 0 Å². The van der Waals surface area contributed by atoms with Crippen molar-refractivity contribution in [3.8, 4) is 0 Å². The summed E-state index contributed by atoms with van der Waals surface area (Å²) in [4.78, 5) is 43.6. The molecule has 0 spiro atoms. The van der Waals surface area contributed by atoms with E-state index >= 15 is 0 Å². The standard InChI is InChI=1S/C24H33N7O3/c1-2-3-10-19-30-22-23(16-8-4-5-9-17(16)29-24(22)26)31(19)14-7-6-13-27-20(33)11-12-21(34)28-15-18(25)32/h4-5,8-9H,2-3,6-7,10-15H2,1H3,(H2,25,32)(H2,26,29)(H,27,33)(H,28,34). The van der Waals surface area contributed by atoms with Crippen LogP contribution in [-0.2, 0) is 27.3 Å². The van der Waals surface area contributed by atoms with Gasteiger partial charge >= 0.3 is 0 Å². The van der Waals surface area contributed by atoms with Gasteiger partial charge in [-0.1, -0.05) is 31.5 Å². The number of rotatable bonds is 13. The van der Waals surface area contributed by atoms with Gasteiger partial charge in [0.2, 0.25) is 17.7 Å². The largest absolute Gasteiger partial charge is 0.382 e. The quantitative estimate of drug-likeness (QED) is 0.281. The third-order valence-corrected chi connectivity index (χ3v) is 5.61. The molecule has 3 rings (SSSR count). The van der Waals surface area contributed by atoms with E-state index in [1.54, 1.807) is 0 Å². The van der Waals surface area contributed by atoms with Crippen molar-refractivity contribution < 1.29 is 14.4 Å². The lowest BCUT2D eigenvalue weighted by Gasteiger charge is -2.11. The first-order valence-electron chi connectivity index (χ1n) is 11.8. The van der Waals surface area contributed by atoms with E-state index in [4.69, 9.17) is 16.5 Å². The normalized spacial score (nSPS) is 11.1. The molecule has 0 aliphatic heterocycles. The Bertz CT molecular complexity index is 1170. The second-order valence-corrected chi connectivity index (χ2v) is 8.29. The number of aryl methyl sites for hydroxylation is 2. The predicted octanol–water partition coefficient (Wildman–Crippen LogP) is 1.79. The molecule has 0 bridgehead atoms. The number of aromatic nitrogens is 3. The number of carbonyl (C=O) groups is 3. The summed E-state index contributed by atoms with van der Waals surface area (Å²) in [5.41, 5.74) is 13.8. The van der Waals surface area contributed by atoms with Crippen LogP contribution in [0.4, 0.5) is 5.82 Å². The Balaban J connectivity index is 1.59. The summed E-state index contributed by atoms with van der Waals surface area (Å²) < 4.78 is 2.25. The Labute approximate surface area is 198 Å². The third kappa shape index (κ3) is 6.43. The molecular formula is C24H33N7O3. The van der Waals surface area contributed by atoms with Crippen LogP contribution < -0.4 is 22.1 Å². The van der Waals surface area contributed by atoms with Crippen molar-refractivity contribution in [2.45, 2.75) is 58.4 Å². The van der Waals surface area contributed by atoms with Gasteiger partial charge in [-0.15, -0.1) is 0 Å². The van der Waals surface area contributed by atoms with Gasteiger partial charge in [0, 0.05) is 37.7 Å². The molecule has 3 amide bonds. The Morgan fingerprint density at radius 3 is 2.47 bits per heavy atom. The molecular weight excluding hydrogens is 434 g/mol. The third-order valence-electron chi connectivity index (χ3n) is 5.61. The molecule has 1 aromatic carbocycles. The number of hydrogen-bond acceptors (Lipinski definition) is 6. The summed E-state index contributed by atoms with van der Waals surface area (Å²) in [6.07, 6.45) is 4.70. The monoisotopic (exact) mass is 467 g/mol. The zero-order valence-corrected chi connectivity index (χ0v) is 19.6. The van der Waals surface area contributed by atoms with Gasteiger partial charge in [0.05, 0.1) is 17.6 Å². The van der Waals surface area contributed by atoms with Gasteiger partial charge in [-0.3, -0.25) is 14.4 Å². The van der Waals surface area contributed by atoms with Gasteiger partial charge in [0.15, 0.2) is 5.82 Å². The number of pyridine rings is 1. The van der Waals surface area contributed by atoms with E-state index in [0.29, 0.717) is 12.4 Å². The van der Waals surface area contributed by atoms with Crippen molar-refractivity contribution in [3.63, 3.8) is 0 Å². The molecule has 0 unspecified atom stereocenters. The summed E-state index contributed by atoms with van der Waals surface area (Å²) in [7, 11) is 0. The molecule has 0 aliphatic carbocycles. The van der Waals surface area contributed by atoms with Crippen molar-refractivity contribution in [1.29, 1.82) is 0 Å². The maximum Gasteiger partial charge on any atom is 0.236 e. The van der Waals surface area contributed by atoms with Crippen LogP contribution in [0.3, 0.4) is 0 Å². The van der Waals surface area contributed by atoms with Crippen LogP contribution in [0, 0.1) is 0 Å². The summed E-state index contributed by atoms with van der Waals surface area (Å²) in [6, 6.07) is 7.94. The number of imidazole rings is 1. The predicted molar refractivity (Wildman–Crippen MR) is 132 cm³/mol. The molecule has 34 heavy (non-hydrogen) atoms. The fraction of sp³-hybridized carbons (Fsp3) is 0.458. The number of unbranched alkanes of at least 4 members (excludes halogenated alkanes) is 2. The van der Waals surface area contributed by atoms with E-state index in [-0.39, 0.29) is 31.2 Å². The number of primary amides is 1. The molecule has 0 atom stereocenters. The molecule has 6 N–H and O–H groups in total. The molecule has 10 heteroatoms. The molecule has 0 radical (unpaired) electrons. The SMILES string of the molecule is CCCCc1nc2c(N)nc3ccccc3c2n1CCCCNC(=O)CCC(=O)NCC(N)=O. The fourth-order valence-corrected chi connectivity index (χ4v) is 3.88. The van der Waals surface area contributed by atoms with E-state index in [1.807, 2.05) is 24.3 Å². The van der Waals surface area contributed by atoms with Crippen molar-refractivity contribution in [2.24, 2.45) is 5.73 Å². The number of nitrogens with one attached hydrogen (secondary N) is 2. The highest BCUT2D eigenvalue weighted by atomic mass is 16.2. The molecule has 3 aromatic rings. The minimum Gasteiger partial charge on any atom is -0.382 e. The van der Waals surface area contributed by atoms with Crippen molar-refractivity contribution in [2.75, 3.05) is 18.8 Å². The topological polar surface area (TPSA) is 158 Å². The first-order valence-corrected chi connectivity index (χ1v) is 11.8. The highest BCUT2D eigenvalue weighted by Crippen LogP contribution is 2.29. The van der Waals surface area contributed by atoms with Gasteiger partial charge in [0.1, 0.15) is 11.3 Å². The van der Waals surface area contributed by atoms with Crippen LogP contribution in [0.5, 0.6) is 0 Å². The number of benzene rings is 1. The minimum absolute atomic E-state index is 0.0173. The lowest BCUT2D eigenvalue weighted by Crippen LogP contribution is -2.34. The average Bonchev–Trinajstić information content (AvgIpc) is 3.19. The average molecular weight is 468 g/mol. The number of fused-ring (bicyclic) bond motifs is 3. The Morgan fingerprint density at radius 2 is 1.74 bits per heavy atom. The lowest BCUT2D eigenvalue weighted by atomic mass is 10.2. The second kappa shape index (κ2) is 12.0. The van der Waals surface area contributed by atoms with E-state index in [0.717, 1.165) is 66.4 Å². The van der Waals surface area contributed by atoms with Crippen molar-refractivity contribution >= 4 is 45.5 Å². The molecule has 2 aromatic heterocycles. The minimum atomic E-state index is -0.617. The molecule has 182 valence electrons. The van der Waals surface area contributed by atoms with Crippen LogP contribution in [0.1, 0.15) is 51.3 Å². The summed E-state index contributed by atoms with van der Waals surface area (Å²) in [5.74, 6) is 0.260. The number of para-hydroxylation sites is 1. The number of nitrogens with zero attached hydrogens (tertiary/aromatic N) is 3. The van der Waals surface area contributed by atoms with E-state index in [2.05, 4.69) is 27.1 Å². The molecule has 0 fully saturated rings. The smallest absolute Gasteiger partial charge is 0.236 e. The van der Waals surface area contributed by atoms with Crippen molar-refractivity contribution in [1.82, 2.24) is 25.2 Å². The number of hydrogen-bond donors (Lipinski definition) is 4. The first-order chi connectivity index (χ1) is 16.4. The molecule has 10 nitrogen and oxygen atoms in total. The highest BCUT2D eigenvalue weighted by molar-refractivity contribution is 6.06. The highest BCUT2D eigenvalue weighted by Gasteiger charge is 2.17. The Morgan fingerprint density at radius 1 is 1.00 bits per heavy atom. The maximum absolute atomic E-state index is 12.0. The lowest BCUT2D eigenvalue weighted by molar-refractivity contribution is -0.127. The number of anilines is 1. The van der Waals surface area contributed by atoms with Crippen LogP contribution in [0.25, 0.3) is 21.9 Å². The number of amides is 3. The van der Waals surface area contributed by atoms with E-state index in [9.17, 15) is 14.4 Å². The van der Waals surface area contributed by atoms with Gasteiger partial charge < -0.3 is 26.7 Å². The zero-order valence-electron chi connectivity index (χ0n) is 19.6. The van der Waals surface area contributed by atoms with Gasteiger partial charge in [-0.25, -0.2) is 9.97 Å². The van der Waals surface area contributed by atoms with Crippen LogP contribution in [0.2, 0.25) is 0 Å². The number of nitrogens with two attached hydrogens (primary N) is 2. The van der Waals surface area contributed by atoms with Crippen molar-refractivity contribution in [3.05, 3.63) is 30.1 Å². The van der Waals surface area contributed by atoms with Crippen LogP contribution in [0.15, 0.2) is 24.3 Å². The first kappa shape index (κ1) is 24.9. The number of carbonyl (C=O) groups excluding carboxylic acids is 3. The molecule has 0 aliphatic rings. The van der Waals surface area contributed by atoms with Gasteiger partial charge in [-0.2, -0.15) is 0 Å². The fourth-order valence-electron chi connectivity index (χ4n) is 3.88. The summed E-state index contributed by atoms with van der Waals surface area (Å²) in [5, 5.41) is 6.24. The van der Waals surface area contributed by atoms with Gasteiger partial charge in [-0.05, 0) is 25.3 Å². The Kier molecular flexibility index (Phi) is 8.78. The maximum atomic E-state index is 12.0.